The number of aryl methyl sites for hydroxylation is 1. The Morgan fingerprint density at radius 1 is 1.47 bits per heavy atom. The molecule has 0 spiro atoms. The van der Waals surface area contributed by atoms with E-state index in [2.05, 4.69) is 31.0 Å². The fourth-order valence-electron chi connectivity index (χ4n) is 3.32. The molecule has 2 aliphatic rings. The Morgan fingerprint density at radius 3 is 2.86 bits per heavy atom. The van der Waals surface area contributed by atoms with Crippen molar-refractivity contribution in [3.63, 3.8) is 0 Å². The van der Waals surface area contributed by atoms with E-state index >= 15 is 0 Å². The van der Waals surface area contributed by atoms with Crippen molar-refractivity contribution < 1.29 is 24.3 Å². The Balaban J connectivity index is 1.49. The smallest absolute Gasteiger partial charge is 0.352 e. The first-order valence-corrected chi connectivity index (χ1v) is 13.3. The van der Waals surface area contributed by atoms with Gasteiger partial charge in [0.2, 0.25) is 5.16 Å². The van der Waals surface area contributed by atoms with Crippen LogP contribution in [0, 0.1) is 0 Å². The van der Waals surface area contributed by atoms with Crippen LogP contribution in [0.4, 0.5) is 5.13 Å². The summed E-state index contributed by atoms with van der Waals surface area (Å²) in [5, 5.41) is 29.2. The third-order valence-electron chi connectivity index (χ3n) is 4.97. The number of nitrogen functional groups attached to an aromatic ring is 1. The Morgan fingerprint density at radius 2 is 2.25 bits per heavy atom. The third-order valence-corrected chi connectivity index (χ3v) is 8.08. The van der Waals surface area contributed by atoms with Crippen LogP contribution in [0.15, 0.2) is 27.0 Å². The van der Waals surface area contributed by atoms with E-state index in [9.17, 15) is 19.5 Å². The van der Waals surface area contributed by atoms with Crippen LogP contribution in [0.25, 0.3) is 0 Å². The number of thiazole rings is 1. The molecule has 3 atom stereocenters. The van der Waals surface area contributed by atoms with E-state index in [-0.39, 0.29) is 40.6 Å². The van der Waals surface area contributed by atoms with Crippen molar-refractivity contribution in [1.82, 2.24) is 35.4 Å². The van der Waals surface area contributed by atoms with Gasteiger partial charge in [0.25, 0.3) is 11.8 Å². The quantitative estimate of drug-likeness (QED) is 0.118. The molecule has 0 aliphatic carbocycles. The van der Waals surface area contributed by atoms with E-state index in [4.69, 9.17) is 16.3 Å². The van der Waals surface area contributed by atoms with Crippen molar-refractivity contribution >= 4 is 63.5 Å². The second-order valence-corrected chi connectivity index (χ2v) is 10.7. The molecule has 0 saturated carbocycles. The molecule has 36 heavy (non-hydrogen) atoms. The first kappa shape index (κ1) is 25.9. The monoisotopic (exact) mass is 554 g/mol. The summed E-state index contributed by atoms with van der Waals surface area (Å²) in [4.78, 5) is 48.5. The first-order chi connectivity index (χ1) is 17.2. The van der Waals surface area contributed by atoms with Crippen molar-refractivity contribution in [2.24, 2.45) is 17.9 Å². The number of carboxylic acids is 1. The summed E-state index contributed by atoms with van der Waals surface area (Å²) in [6.07, 6.45) is 0. The van der Waals surface area contributed by atoms with Gasteiger partial charge >= 0.3 is 5.97 Å². The Kier molecular flexibility index (Phi) is 7.76. The number of nitrogens with two attached hydrogens (primary N) is 2. The number of carboxylic acid groups (broad SMARTS) is 1. The van der Waals surface area contributed by atoms with Crippen LogP contribution in [0.3, 0.4) is 0 Å². The number of nitrogens with zero attached hydrogens (tertiary/aromatic N) is 7. The van der Waals surface area contributed by atoms with Crippen molar-refractivity contribution in [2.45, 2.75) is 29.5 Å². The number of nitrogens with one attached hydrogen (secondary N) is 1. The van der Waals surface area contributed by atoms with Crippen LogP contribution >= 0.6 is 34.9 Å². The number of hydrogen-bond acceptors (Lipinski definition) is 14. The van der Waals surface area contributed by atoms with Crippen LogP contribution < -0.4 is 16.8 Å². The molecule has 1 fully saturated rings. The molecule has 192 valence electrons. The van der Waals surface area contributed by atoms with Crippen LogP contribution in [0.5, 0.6) is 0 Å². The highest BCUT2D eigenvalue weighted by molar-refractivity contribution is 8.01. The van der Waals surface area contributed by atoms with Gasteiger partial charge in [-0.05, 0) is 22.9 Å². The molecule has 4 rings (SSSR count). The second-order valence-electron chi connectivity index (χ2n) is 7.78. The van der Waals surface area contributed by atoms with E-state index < -0.39 is 29.2 Å². The topological polar surface area (TPSA) is 217 Å². The molecule has 2 aromatic rings. The molecule has 4 heterocycles. The highest BCUT2D eigenvalue weighted by Crippen LogP contribution is 2.41. The number of thioether (sulfide) groups is 2. The standard InChI is InChI=1S/C18H22N10O5S3/c1-7(19)3-33-24-10(9-6-35-17(20)21-9)13(29)22-11-14(30)28-12(16(31)32)8(4-34-15(11)28)5-36-18-23-25-26-27(18)2/h6-7,11,15H,3-5,19H2,1-2H3,(H2,20,21)(H,22,29)(H,31,32)/b24-10-/t7?,11?,15-/m1/s1. The second kappa shape index (κ2) is 10.8. The number of aromatic nitrogens is 5. The van der Waals surface area contributed by atoms with Crippen molar-refractivity contribution in [3.8, 4) is 0 Å². The lowest BCUT2D eigenvalue weighted by atomic mass is 10.0. The number of rotatable bonds is 10. The van der Waals surface area contributed by atoms with Crippen LogP contribution in [-0.2, 0) is 26.3 Å². The zero-order valence-electron chi connectivity index (χ0n) is 19.0. The van der Waals surface area contributed by atoms with Gasteiger partial charge in [-0.2, -0.15) is 0 Å². The van der Waals surface area contributed by atoms with Crippen molar-refractivity contribution in [3.05, 3.63) is 22.3 Å². The number of oxime groups is 1. The minimum absolute atomic E-state index is 0.0585. The zero-order valence-corrected chi connectivity index (χ0v) is 21.5. The lowest BCUT2D eigenvalue weighted by Gasteiger charge is -2.49. The minimum atomic E-state index is -1.23. The van der Waals surface area contributed by atoms with Crippen LogP contribution in [0.2, 0.25) is 0 Å². The highest BCUT2D eigenvalue weighted by atomic mass is 32.2. The maximum Gasteiger partial charge on any atom is 0.352 e. The summed E-state index contributed by atoms with van der Waals surface area (Å²) < 4.78 is 1.47. The number of amides is 2. The summed E-state index contributed by atoms with van der Waals surface area (Å²) in [6, 6.07) is -1.28. The van der Waals surface area contributed by atoms with Crippen LogP contribution in [0.1, 0.15) is 12.6 Å². The SMILES string of the molecule is CC(N)CO/N=C(\C(=O)NC1C(=O)N2C(C(=O)O)=C(CSc3nnnn3C)CS[C@H]12)c1csc(N)n1. The number of anilines is 1. The van der Waals surface area contributed by atoms with E-state index in [1.165, 1.54) is 38.5 Å². The minimum Gasteiger partial charge on any atom is -0.477 e. The molecule has 18 heteroatoms. The van der Waals surface area contributed by atoms with Gasteiger partial charge in [0.1, 0.15) is 29.4 Å². The third kappa shape index (κ3) is 5.30. The molecule has 2 aliphatic heterocycles. The largest absolute Gasteiger partial charge is 0.477 e. The van der Waals surface area contributed by atoms with Gasteiger partial charge in [0.15, 0.2) is 10.8 Å². The summed E-state index contributed by atoms with van der Waals surface area (Å²) in [5.41, 5.74) is 11.8. The summed E-state index contributed by atoms with van der Waals surface area (Å²) in [7, 11) is 1.67. The van der Waals surface area contributed by atoms with Crippen molar-refractivity contribution in [2.75, 3.05) is 23.8 Å². The van der Waals surface area contributed by atoms with E-state index in [0.717, 1.165) is 11.3 Å². The van der Waals surface area contributed by atoms with Gasteiger partial charge in [0.05, 0.1) is 0 Å². The molecule has 0 bridgehead atoms. The maximum absolute atomic E-state index is 13.0. The number of carbonyl (C=O) groups is 3. The Bertz CT molecular complexity index is 1240. The molecule has 0 radical (unpaired) electrons. The lowest BCUT2D eigenvalue weighted by Crippen LogP contribution is -2.71. The van der Waals surface area contributed by atoms with Crippen LogP contribution in [-0.4, -0.2) is 94.3 Å². The molecular formula is C18H22N10O5S3. The lowest BCUT2D eigenvalue weighted by molar-refractivity contribution is -0.150. The van der Waals surface area contributed by atoms with Gasteiger partial charge < -0.3 is 26.7 Å². The average Bonchev–Trinajstić information content (AvgIpc) is 3.45. The molecule has 2 amide bonds. The van der Waals surface area contributed by atoms with E-state index in [1.54, 1.807) is 14.0 Å². The number of β-lactam (4-membered cyclic amide) rings is 1. The summed E-state index contributed by atoms with van der Waals surface area (Å²) >= 11 is 3.73. The average molecular weight is 555 g/mol. The Labute approximate surface area is 216 Å². The van der Waals surface area contributed by atoms with Gasteiger partial charge in [-0.15, -0.1) is 28.2 Å². The predicted molar refractivity (Wildman–Crippen MR) is 132 cm³/mol. The van der Waals surface area contributed by atoms with Crippen molar-refractivity contribution in [1.29, 1.82) is 0 Å². The molecule has 6 N–H and O–H groups in total. The molecular weight excluding hydrogens is 532 g/mol. The molecule has 2 unspecified atom stereocenters. The van der Waals surface area contributed by atoms with Gasteiger partial charge in [-0.25, -0.2) is 14.5 Å². The molecule has 15 nitrogen and oxygen atoms in total. The fraction of sp³-hybridized carbons (Fsp3) is 0.444. The maximum atomic E-state index is 13.0. The number of tetrazole rings is 1. The molecule has 0 aromatic carbocycles. The number of hydrogen-bond donors (Lipinski definition) is 4. The fourth-order valence-corrected chi connectivity index (χ4v) is 6.20. The molecule has 1 saturated heterocycles. The van der Waals surface area contributed by atoms with E-state index in [0.29, 0.717) is 16.5 Å². The Hall–Kier alpha value is -3.22. The normalized spacial score (nSPS) is 20.6. The first-order valence-electron chi connectivity index (χ1n) is 10.4. The molecule has 2 aromatic heterocycles. The predicted octanol–water partition coefficient (Wildman–Crippen LogP) is -1.15. The van der Waals surface area contributed by atoms with Gasteiger partial charge in [0, 0.05) is 30.0 Å². The zero-order chi connectivity index (χ0) is 26.0. The summed E-state index contributed by atoms with van der Waals surface area (Å²) in [5.74, 6) is -1.85. The number of fused-ring (bicyclic) bond motifs is 1. The van der Waals surface area contributed by atoms with Gasteiger partial charge in [-0.3, -0.25) is 14.5 Å². The van der Waals surface area contributed by atoms with Gasteiger partial charge in [-0.1, -0.05) is 16.9 Å². The number of aliphatic carboxylic acids is 1. The summed E-state index contributed by atoms with van der Waals surface area (Å²) in [6.45, 7) is 1.77. The highest BCUT2D eigenvalue weighted by Gasteiger charge is 2.54. The van der Waals surface area contributed by atoms with E-state index in [1.807, 2.05) is 0 Å². The number of carbonyl (C=O) groups excluding carboxylic acids is 2.